The highest BCUT2D eigenvalue weighted by Crippen LogP contribution is 2.35. The number of anilines is 2. The summed E-state index contributed by atoms with van der Waals surface area (Å²) in [6.07, 6.45) is 0. The second-order valence-corrected chi connectivity index (χ2v) is 8.35. The summed E-state index contributed by atoms with van der Waals surface area (Å²) in [4.78, 5) is 20.8. The van der Waals surface area contributed by atoms with Crippen LogP contribution in [0.15, 0.2) is 59.0 Å². The van der Waals surface area contributed by atoms with E-state index in [4.69, 9.17) is 27.6 Å². The van der Waals surface area contributed by atoms with Crippen LogP contribution in [0.3, 0.4) is 0 Å². The number of furan rings is 1. The molecular formula is C24H17Cl2FN4O2. The zero-order valence-corrected chi connectivity index (χ0v) is 18.8. The molecular weight excluding hydrogens is 466 g/mol. The number of nitrogens with zero attached hydrogens (tertiary/aromatic N) is 1. The van der Waals surface area contributed by atoms with Gasteiger partial charge in [0, 0.05) is 11.9 Å². The van der Waals surface area contributed by atoms with Crippen molar-refractivity contribution in [1.29, 1.82) is 0 Å². The molecule has 1 amide bonds. The summed E-state index contributed by atoms with van der Waals surface area (Å²) in [5, 5.41) is 7.57. The molecule has 0 saturated carbocycles. The van der Waals surface area contributed by atoms with Crippen molar-refractivity contribution in [2.75, 3.05) is 5.32 Å². The monoisotopic (exact) mass is 482 g/mol. The first kappa shape index (κ1) is 21.3. The van der Waals surface area contributed by atoms with Gasteiger partial charge in [-0.2, -0.15) is 0 Å². The number of hydrogen-bond donors (Lipinski definition) is 3. The molecule has 2 aromatic heterocycles. The lowest BCUT2D eigenvalue weighted by Gasteiger charge is -2.07. The van der Waals surface area contributed by atoms with Gasteiger partial charge in [-0.3, -0.25) is 4.79 Å². The van der Waals surface area contributed by atoms with Crippen LogP contribution in [0.2, 0.25) is 10.0 Å². The second kappa shape index (κ2) is 8.42. The number of amides is 1. The average molecular weight is 483 g/mol. The first-order chi connectivity index (χ1) is 15.9. The molecule has 33 heavy (non-hydrogen) atoms. The lowest BCUT2D eigenvalue weighted by atomic mass is 10.1. The van der Waals surface area contributed by atoms with Crippen LogP contribution in [0.1, 0.15) is 21.7 Å². The number of H-pyrrole nitrogens is 1. The summed E-state index contributed by atoms with van der Waals surface area (Å²) in [7, 11) is 0. The summed E-state index contributed by atoms with van der Waals surface area (Å²) in [6, 6.07) is 14.7. The van der Waals surface area contributed by atoms with Crippen LogP contribution in [0, 0.1) is 12.7 Å². The molecule has 2 heterocycles. The molecule has 0 aliphatic rings. The van der Waals surface area contributed by atoms with E-state index in [1.165, 1.54) is 12.1 Å². The normalized spacial score (nSPS) is 11.3. The summed E-state index contributed by atoms with van der Waals surface area (Å²) in [5.74, 6) is 0.421. The number of aryl methyl sites for hydroxylation is 1. The molecule has 0 bridgehead atoms. The van der Waals surface area contributed by atoms with E-state index in [1.54, 1.807) is 43.3 Å². The maximum absolute atomic E-state index is 13.1. The molecule has 0 atom stereocenters. The fourth-order valence-electron chi connectivity index (χ4n) is 3.64. The van der Waals surface area contributed by atoms with Gasteiger partial charge in [0.1, 0.15) is 22.7 Å². The minimum absolute atomic E-state index is 0.249. The van der Waals surface area contributed by atoms with Gasteiger partial charge < -0.3 is 20.0 Å². The minimum atomic E-state index is -0.329. The van der Waals surface area contributed by atoms with Crippen molar-refractivity contribution < 1.29 is 13.6 Å². The van der Waals surface area contributed by atoms with E-state index in [1.807, 2.05) is 6.07 Å². The number of hydrogen-bond acceptors (Lipinski definition) is 4. The third-order valence-electron chi connectivity index (χ3n) is 5.19. The lowest BCUT2D eigenvalue weighted by molar-refractivity contribution is 0.0951. The van der Waals surface area contributed by atoms with Crippen LogP contribution in [0.25, 0.3) is 22.0 Å². The van der Waals surface area contributed by atoms with Crippen LogP contribution in [-0.2, 0) is 6.54 Å². The number of imidazole rings is 1. The zero-order chi connectivity index (χ0) is 23.1. The first-order valence-corrected chi connectivity index (χ1v) is 10.8. The highest BCUT2D eigenvalue weighted by molar-refractivity contribution is 6.39. The lowest BCUT2D eigenvalue weighted by Crippen LogP contribution is -2.23. The predicted octanol–water partition coefficient (Wildman–Crippen LogP) is 6.74. The summed E-state index contributed by atoms with van der Waals surface area (Å²) in [6.45, 7) is 2.06. The number of benzene rings is 3. The summed E-state index contributed by atoms with van der Waals surface area (Å²) in [5.41, 5.74) is 3.38. The van der Waals surface area contributed by atoms with Crippen LogP contribution in [0.4, 0.5) is 16.0 Å². The molecule has 3 aromatic carbocycles. The molecule has 0 aliphatic heterocycles. The van der Waals surface area contributed by atoms with E-state index in [-0.39, 0.29) is 18.3 Å². The van der Waals surface area contributed by atoms with E-state index in [2.05, 4.69) is 20.6 Å². The van der Waals surface area contributed by atoms with Gasteiger partial charge in [0.15, 0.2) is 0 Å². The van der Waals surface area contributed by atoms with Gasteiger partial charge >= 0.3 is 0 Å². The Morgan fingerprint density at radius 3 is 2.58 bits per heavy atom. The number of aromatic amines is 1. The molecule has 9 heteroatoms. The Morgan fingerprint density at radius 1 is 1.12 bits per heavy atom. The smallest absolute Gasteiger partial charge is 0.255 e. The highest BCUT2D eigenvalue weighted by atomic mass is 35.5. The van der Waals surface area contributed by atoms with Crippen molar-refractivity contribution in [2.45, 2.75) is 13.5 Å². The Hall–Kier alpha value is -3.55. The molecule has 0 spiro atoms. The standard InChI is InChI=1S/C24H17Cl2FN4O2/c1-12-9-15-20-19(29-24(30-20)31-21-17(25)3-2-4-18(21)26)10-16(22(15)33-12)23(32)28-11-13-5-7-14(27)8-6-13/h2-10H,11H2,1H3,(H,28,32)(H2,29,30,31). The molecule has 3 N–H and O–H groups in total. The fourth-order valence-corrected chi connectivity index (χ4v) is 4.13. The average Bonchev–Trinajstić information content (AvgIpc) is 3.37. The van der Waals surface area contributed by atoms with Crippen molar-refractivity contribution in [3.05, 3.63) is 87.3 Å². The minimum Gasteiger partial charge on any atom is -0.460 e. The third kappa shape index (κ3) is 4.13. The number of halogens is 3. The van der Waals surface area contributed by atoms with E-state index >= 15 is 0 Å². The number of fused-ring (bicyclic) bond motifs is 3. The Bertz CT molecular complexity index is 1490. The van der Waals surface area contributed by atoms with Gasteiger partial charge in [-0.25, -0.2) is 9.37 Å². The van der Waals surface area contributed by atoms with Crippen LogP contribution in [-0.4, -0.2) is 15.9 Å². The van der Waals surface area contributed by atoms with Gasteiger partial charge in [-0.05, 0) is 48.9 Å². The van der Waals surface area contributed by atoms with E-state index in [0.717, 1.165) is 5.56 Å². The second-order valence-electron chi connectivity index (χ2n) is 7.54. The molecule has 0 saturated heterocycles. The van der Waals surface area contributed by atoms with Crippen LogP contribution < -0.4 is 10.6 Å². The van der Waals surface area contributed by atoms with Gasteiger partial charge in [0.2, 0.25) is 5.95 Å². The predicted molar refractivity (Wildman–Crippen MR) is 128 cm³/mol. The maximum atomic E-state index is 13.1. The molecule has 0 radical (unpaired) electrons. The van der Waals surface area contributed by atoms with Crippen LogP contribution >= 0.6 is 23.2 Å². The van der Waals surface area contributed by atoms with Crippen LogP contribution in [0.5, 0.6) is 0 Å². The molecule has 5 aromatic rings. The van der Waals surface area contributed by atoms with Gasteiger partial charge in [-0.15, -0.1) is 0 Å². The summed E-state index contributed by atoms with van der Waals surface area (Å²) >= 11 is 12.5. The molecule has 166 valence electrons. The SMILES string of the molecule is Cc1cc2c(o1)c(C(=O)NCc1ccc(F)cc1)cc1[nH]c(Nc3c(Cl)cccc3Cl)nc12. The molecule has 6 nitrogen and oxygen atoms in total. The number of nitrogens with one attached hydrogen (secondary N) is 3. The zero-order valence-electron chi connectivity index (χ0n) is 17.3. The molecule has 5 rings (SSSR count). The number of carbonyl (C=O) groups is 1. The van der Waals surface area contributed by atoms with Crippen molar-refractivity contribution in [2.24, 2.45) is 0 Å². The van der Waals surface area contributed by atoms with Gasteiger partial charge in [0.05, 0.1) is 26.8 Å². The molecule has 0 fully saturated rings. The summed E-state index contributed by atoms with van der Waals surface area (Å²) < 4.78 is 19.0. The van der Waals surface area contributed by atoms with Crippen molar-refractivity contribution >= 4 is 62.7 Å². The quantitative estimate of drug-likeness (QED) is 0.259. The third-order valence-corrected chi connectivity index (χ3v) is 5.82. The van der Waals surface area contributed by atoms with E-state index < -0.39 is 0 Å². The Labute approximate surface area is 197 Å². The fraction of sp³-hybridized carbons (Fsp3) is 0.0833. The van der Waals surface area contributed by atoms with Crippen molar-refractivity contribution in [3.8, 4) is 0 Å². The number of carbonyl (C=O) groups excluding carboxylic acids is 1. The number of rotatable bonds is 5. The van der Waals surface area contributed by atoms with E-state index in [0.29, 0.717) is 55.0 Å². The largest absolute Gasteiger partial charge is 0.460 e. The maximum Gasteiger partial charge on any atom is 0.255 e. The van der Waals surface area contributed by atoms with Crippen molar-refractivity contribution in [1.82, 2.24) is 15.3 Å². The molecule has 0 aliphatic carbocycles. The Kier molecular flexibility index (Phi) is 5.44. The Balaban J connectivity index is 1.51. The number of para-hydroxylation sites is 1. The number of aromatic nitrogens is 2. The topological polar surface area (TPSA) is 83.0 Å². The molecule has 0 unspecified atom stereocenters. The van der Waals surface area contributed by atoms with Gasteiger partial charge in [-0.1, -0.05) is 41.4 Å². The first-order valence-electron chi connectivity index (χ1n) is 10.1. The van der Waals surface area contributed by atoms with Crippen molar-refractivity contribution in [3.63, 3.8) is 0 Å². The van der Waals surface area contributed by atoms with Gasteiger partial charge in [0.25, 0.3) is 5.91 Å². The Morgan fingerprint density at radius 2 is 1.85 bits per heavy atom. The highest BCUT2D eigenvalue weighted by Gasteiger charge is 2.20. The van der Waals surface area contributed by atoms with E-state index in [9.17, 15) is 9.18 Å².